The van der Waals surface area contributed by atoms with Crippen molar-refractivity contribution in [2.75, 3.05) is 0 Å². The molecule has 0 spiro atoms. The van der Waals surface area contributed by atoms with Crippen LogP contribution in [0.5, 0.6) is 0 Å². The molecule has 0 unspecified atom stereocenters. The zero-order valence-corrected chi connectivity index (χ0v) is 9.91. The van der Waals surface area contributed by atoms with Gasteiger partial charge in [-0.25, -0.2) is 14.6 Å². The Morgan fingerprint density at radius 1 is 1.35 bits per heavy atom. The predicted molar refractivity (Wildman–Crippen MR) is 63.7 cm³/mol. The van der Waals surface area contributed by atoms with Gasteiger partial charge in [0.1, 0.15) is 12.7 Å². The molecule has 5 heteroatoms. The van der Waals surface area contributed by atoms with Crippen molar-refractivity contribution < 1.29 is 0 Å². The highest BCUT2D eigenvalue weighted by Gasteiger charge is 2.56. The van der Waals surface area contributed by atoms with Crippen LogP contribution in [0.4, 0.5) is 0 Å². The van der Waals surface area contributed by atoms with Gasteiger partial charge in [0.15, 0.2) is 5.82 Å². The highest BCUT2D eigenvalue weighted by Crippen LogP contribution is 2.57. The molecule has 1 aliphatic carbocycles. The van der Waals surface area contributed by atoms with Gasteiger partial charge >= 0.3 is 0 Å². The summed E-state index contributed by atoms with van der Waals surface area (Å²) in [5.41, 5.74) is 7.44. The van der Waals surface area contributed by atoms with Crippen molar-refractivity contribution in [3.05, 3.63) is 36.5 Å². The highest BCUT2D eigenvalue weighted by molar-refractivity contribution is 5.35. The van der Waals surface area contributed by atoms with Gasteiger partial charge in [-0.3, -0.25) is 0 Å². The Hall–Kier alpha value is -1.75. The lowest BCUT2D eigenvalue weighted by atomic mass is 10.1. The average Bonchev–Trinajstić information content (AvgIpc) is 2.77. The van der Waals surface area contributed by atoms with Crippen LogP contribution in [0.25, 0.3) is 5.82 Å². The van der Waals surface area contributed by atoms with Crippen LogP contribution in [-0.2, 0) is 0 Å². The third-order valence-electron chi connectivity index (χ3n) is 3.69. The maximum atomic E-state index is 6.05. The van der Waals surface area contributed by atoms with E-state index in [1.807, 2.05) is 12.3 Å². The van der Waals surface area contributed by atoms with Crippen LogP contribution in [0, 0.1) is 5.41 Å². The van der Waals surface area contributed by atoms with Gasteiger partial charge in [0.25, 0.3) is 0 Å². The molecular formula is C12H15N5. The first kappa shape index (κ1) is 10.4. The zero-order chi connectivity index (χ0) is 12.0. The van der Waals surface area contributed by atoms with Gasteiger partial charge in [-0.05, 0) is 17.0 Å². The maximum absolute atomic E-state index is 6.05. The molecule has 1 aliphatic rings. The molecule has 2 atom stereocenters. The largest absolute Gasteiger partial charge is 0.327 e. The van der Waals surface area contributed by atoms with Gasteiger partial charge in [0, 0.05) is 18.2 Å². The first-order valence-electron chi connectivity index (χ1n) is 5.67. The number of aromatic nitrogens is 4. The molecule has 1 saturated carbocycles. The molecule has 88 valence electrons. The fourth-order valence-corrected chi connectivity index (χ4v) is 2.36. The van der Waals surface area contributed by atoms with Crippen molar-refractivity contribution in [2.24, 2.45) is 11.1 Å². The molecule has 0 bridgehead atoms. The minimum Gasteiger partial charge on any atom is -0.327 e. The second-order valence-corrected chi connectivity index (χ2v) is 5.11. The smallest absolute Gasteiger partial charge is 0.155 e. The van der Waals surface area contributed by atoms with Gasteiger partial charge in [-0.2, -0.15) is 5.10 Å². The summed E-state index contributed by atoms with van der Waals surface area (Å²) in [6.45, 7) is 4.38. The number of nitrogens with zero attached hydrogens (tertiary/aromatic N) is 4. The van der Waals surface area contributed by atoms with Crippen molar-refractivity contribution in [1.82, 2.24) is 19.7 Å². The number of hydrogen-bond donors (Lipinski definition) is 1. The second-order valence-electron chi connectivity index (χ2n) is 5.11. The molecule has 2 aromatic rings. The van der Waals surface area contributed by atoms with Crippen molar-refractivity contribution in [3.8, 4) is 5.82 Å². The van der Waals surface area contributed by atoms with E-state index in [0.717, 1.165) is 5.82 Å². The van der Waals surface area contributed by atoms with Crippen LogP contribution in [0.15, 0.2) is 31.0 Å². The Kier molecular flexibility index (Phi) is 2.06. The van der Waals surface area contributed by atoms with Crippen LogP contribution < -0.4 is 5.73 Å². The molecule has 1 fully saturated rings. The van der Waals surface area contributed by atoms with Crippen molar-refractivity contribution >= 4 is 0 Å². The van der Waals surface area contributed by atoms with Crippen molar-refractivity contribution in [3.63, 3.8) is 0 Å². The highest BCUT2D eigenvalue weighted by atomic mass is 15.3. The number of rotatable bonds is 2. The molecule has 17 heavy (non-hydrogen) atoms. The summed E-state index contributed by atoms with van der Waals surface area (Å²) in [5, 5.41) is 4.04. The molecule has 0 aromatic carbocycles. The molecule has 0 amide bonds. The Balaban J connectivity index is 1.87. The Morgan fingerprint density at radius 2 is 2.12 bits per heavy atom. The average molecular weight is 229 g/mol. The quantitative estimate of drug-likeness (QED) is 0.837. The first-order chi connectivity index (χ1) is 8.10. The van der Waals surface area contributed by atoms with Crippen LogP contribution in [0.2, 0.25) is 0 Å². The fourth-order valence-electron chi connectivity index (χ4n) is 2.36. The summed E-state index contributed by atoms with van der Waals surface area (Å²) < 4.78 is 1.64. The SMILES string of the molecule is CC1(C)[C@@H](N)[C@@H]1c1ccc(-n2cncn2)nc1. The van der Waals surface area contributed by atoms with Gasteiger partial charge in [0.05, 0.1) is 0 Å². The lowest BCUT2D eigenvalue weighted by Gasteiger charge is -2.04. The number of pyridine rings is 1. The molecule has 2 heterocycles. The van der Waals surface area contributed by atoms with E-state index in [1.165, 1.54) is 11.9 Å². The first-order valence-corrected chi connectivity index (χ1v) is 5.67. The molecule has 3 rings (SSSR count). The van der Waals surface area contributed by atoms with E-state index in [4.69, 9.17) is 5.73 Å². The van der Waals surface area contributed by atoms with Crippen molar-refractivity contribution in [1.29, 1.82) is 0 Å². The normalized spacial score (nSPS) is 25.8. The summed E-state index contributed by atoms with van der Waals surface area (Å²) in [5.74, 6) is 1.19. The van der Waals surface area contributed by atoms with E-state index >= 15 is 0 Å². The summed E-state index contributed by atoms with van der Waals surface area (Å²) in [6.07, 6.45) is 5.01. The van der Waals surface area contributed by atoms with E-state index in [2.05, 4.69) is 35.0 Å². The van der Waals surface area contributed by atoms with E-state index in [9.17, 15) is 0 Å². The molecule has 0 saturated heterocycles. The lowest BCUT2D eigenvalue weighted by Crippen LogP contribution is -2.06. The van der Waals surface area contributed by atoms with E-state index in [0.29, 0.717) is 5.92 Å². The number of hydrogen-bond acceptors (Lipinski definition) is 4. The van der Waals surface area contributed by atoms with Gasteiger partial charge in [0.2, 0.25) is 0 Å². The van der Waals surface area contributed by atoms with Gasteiger partial charge in [-0.15, -0.1) is 0 Å². The third kappa shape index (κ3) is 1.54. The summed E-state index contributed by atoms with van der Waals surface area (Å²) >= 11 is 0. The molecule has 5 nitrogen and oxygen atoms in total. The van der Waals surface area contributed by atoms with Gasteiger partial charge in [-0.1, -0.05) is 19.9 Å². The fraction of sp³-hybridized carbons (Fsp3) is 0.417. The summed E-state index contributed by atoms with van der Waals surface area (Å²) in [6, 6.07) is 4.26. The lowest BCUT2D eigenvalue weighted by molar-refractivity contribution is 0.598. The molecule has 2 aromatic heterocycles. The van der Waals surface area contributed by atoms with Gasteiger partial charge < -0.3 is 5.73 Å². The minimum atomic E-state index is 0.191. The number of nitrogens with two attached hydrogens (primary N) is 1. The van der Waals surface area contributed by atoms with E-state index in [-0.39, 0.29) is 11.5 Å². The summed E-state index contributed by atoms with van der Waals surface area (Å²) in [4.78, 5) is 8.28. The van der Waals surface area contributed by atoms with Crippen LogP contribution in [0.1, 0.15) is 25.3 Å². The van der Waals surface area contributed by atoms with Crippen LogP contribution in [0.3, 0.4) is 0 Å². The van der Waals surface area contributed by atoms with E-state index in [1.54, 1.807) is 11.0 Å². The molecule has 0 radical (unpaired) electrons. The van der Waals surface area contributed by atoms with E-state index < -0.39 is 0 Å². The van der Waals surface area contributed by atoms with Crippen LogP contribution in [-0.4, -0.2) is 25.8 Å². The Labute approximate surface area is 99.7 Å². The standard InChI is InChI=1S/C12H15N5/c1-12(2)10(11(12)13)8-3-4-9(15-5-8)17-7-14-6-16-17/h3-7,10-11H,13H2,1-2H3/t10-,11-/m0/s1. The topological polar surface area (TPSA) is 69.6 Å². The Bertz CT molecular complexity index is 514. The molecule has 2 N–H and O–H groups in total. The third-order valence-corrected chi connectivity index (χ3v) is 3.69. The summed E-state index contributed by atoms with van der Waals surface area (Å²) in [7, 11) is 0. The molecular weight excluding hydrogens is 214 g/mol. The maximum Gasteiger partial charge on any atom is 0.155 e. The second kappa shape index (κ2) is 3.37. The molecule has 0 aliphatic heterocycles. The minimum absolute atomic E-state index is 0.191. The monoisotopic (exact) mass is 229 g/mol. The predicted octanol–water partition coefficient (Wildman–Crippen LogP) is 1.11. The Morgan fingerprint density at radius 3 is 2.59 bits per heavy atom. The zero-order valence-electron chi connectivity index (χ0n) is 9.91. The van der Waals surface area contributed by atoms with Crippen molar-refractivity contribution in [2.45, 2.75) is 25.8 Å². The van der Waals surface area contributed by atoms with Crippen LogP contribution >= 0.6 is 0 Å².